The fraction of sp³-hybridized carbons (Fsp3) is 0.250. The number of rotatable bonds is 4. The molecule has 1 unspecified atom stereocenters. The van der Waals surface area contributed by atoms with Gasteiger partial charge in [-0.3, -0.25) is 9.78 Å². The number of halogens is 1. The van der Waals surface area contributed by atoms with Crippen LogP contribution in [0.5, 0.6) is 0 Å². The number of aromatic nitrogens is 3. The molecule has 1 atom stereocenters. The van der Waals surface area contributed by atoms with Crippen LogP contribution in [0.4, 0.5) is 5.69 Å². The van der Waals surface area contributed by atoms with Gasteiger partial charge in [-0.1, -0.05) is 11.6 Å². The fourth-order valence-electron chi connectivity index (χ4n) is 1.40. The molecule has 7 heteroatoms. The predicted molar refractivity (Wildman–Crippen MR) is 78.0 cm³/mol. The number of nitrogens with one attached hydrogen (secondary N) is 1. The molecule has 100 valence electrons. The molecule has 0 aliphatic carbocycles. The zero-order valence-electron chi connectivity index (χ0n) is 10.5. The predicted octanol–water partition coefficient (Wildman–Crippen LogP) is 2.61. The zero-order chi connectivity index (χ0) is 13.8. The summed E-state index contributed by atoms with van der Waals surface area (Å²) in [6.07, 6.45) is 6.89. The van der Waals surface area contributed by atoms with Crippen LogP contribution in [0.3, 0.4) is 0 Å². The first-order valence-corrected chi connectivity index (χ1v) is 7.27. The van der Waals surface area contributed by atoms with Gasteiger partial charge in [0.2, 0.25) is 5.91 Å². The highest BCUT2D eigenvalue weighted by Gasteiger charge is 2.15. The van der Waals surface area contributed by atoms with Crippen LogP contribution >= 0.6 is 23.4 Å². The molecule has 2 aromatic rings. The van der Waals surface area contributed by atoms with Gasteiger partial charge in [-0.05, 0) is 25.3 Å². The first kappa shape index (κ1) is 13.9. The van der Waals surface area contributed by atoms with Crippen molar-refractivity contribution in [3.63, 3.8) is 0 Å². The number of amides is 1. The number of carbonyl (C=O) groups is 1. The summed E-state index contributed by atoms with van der Waals surface area (Å²) < 4.78 is 1.58. The van der Waals surface area contributed by atoms with Crippen LogP contribution in [-0.4, -0.2) is 32.2 Å². The number of nitrogens with zero attached hydrogens (tertiary/aromatic N) is 3. The maximum absolute atomic E-state index is 11.8. The van der Waals surface area contributed by atoms with Crippen molar-refractivity contribution in [1.29, 1.82) is 0 Å². The van der Waals surface area contributed by atoms with E-state index in [1.165, 1.54) is 11.8 Å². The van der Waals surface area contributed by atoms with E-state index in [0.29, 0.717) is 5.69 Å². The lowest BCUT2D eigenvalue weighted by atomic mass is 10.4. The number of pyridine rings is 1. The van der Waals surface area contributed by atoms with Crippen molar-refractivity contribution < 1.29 is 4.79 Å². The summed E-state index contributed by atoms with van der Waals surface area (Å²) in [6.45, 7) is 1.83. The SMILES string of the molecule is CSC(C)C(=O)Nc1cn(-c2cccnc2)nc1Cl. The highest BCUT2D eigenvalue weighted by atomic mass is 35.5. The van der Waals surface area contributed by atoms with Gasteiger partial charge in [0.25, 0.3) is 0 Å². The highest BCUT2D eigenvalue weighted by Crippen LogP contribution is 2.22. The van der Waals surface area contributed by atoms with Gasteiger partial charge in [0.15, 0.2) is 5.15 Å². The second-order valence-electron chi connectivity index (χ2n) is 3.86. The third-order valence-electron chi connectivity index (χ3n) is 2.56. The number of hydrogen-bond donors (Lipinski definition) is 1. The van der Waals surface area contributed by atoms with E-state index in [4.69, 9.17) is 11.6 Å². The highest BCUT2D eigenvalue weighted by molar-refractivity contribution is 7.99. The monoisotopic (exact) mass is 296 g/mol. The first-order valence-electron chi connectivity index (χ1n) is 5.61. The Balaban J connectivity index is 2.20. The van der Waals surface area contributed by atoms with Gasteiger partial charge in [0.05, 0.1) is 29.0 Å². The van der Waals surface area contributed by atoms with E-state index in [-0.39, 0.29) is 16.3 Å². The van der Waals surface area contributed by atoms with E-state index in [1.807, 2.05) is 19.2 Å². The lowest BCUT2D eigenvalue weighted by Crippen LogP contribution is -2.21. The molecule has 0 saturated carbocycles. The second-order valence-corrected chi connectivity index (χ2v) is 5.39. The smallest absolute Gasteiger partial charge is 0.237 e. The standard InChI is InChI=1S/C12H13ClN4OS/c1-8(19-2)12(18)15-10-7-17(16-11(10)13)9-4-3-5-14-6-9/h3-8H,1-2H3,(H,15,18). The number of carbonyl (C=O) groups excluding carboxylic acids is 1. The van der Waals surface area contributed by atoms with Gasteiger partial charge in [0.1, 0.15) is 0 Å². The Kier molecular flexibility index (Phi) is 4.44. The Bertz CT molecular complexity index is 572. The molecule has 0 aromatic carbocycles. The molecule has 0 fully saturated rings. The zero-order valence-corrected chi connectivity index (χ0v) is 12.1. The largest absolute Gasteiger partial charge is 0.321 e. The van der Waals surface area contributed by atoms with Crippen molar-refractivity contribution in [1.82, 2.24) is 14.8 Å². The summed E-state index contributed by atoms with van der Waals surface area (Å²) in [5.41, 5.74) is 1.28. The van der Waals surface area contributed by atoms with Gasteiger partial charge in [-0.15, -0.1) is 0 Å². The van der Waals surface area contributed by atoms with Crippen LogP contribution in [0.15, 0.2) is 30.7 Å². The first-order chi connectivity index (χ1) is 9.11. The molecule has 2 rings (SSSR count). The molecule has 2 aromatic heterocycles. The van der Waals surface area contributed by atoms with Crippen molar-refractivity contribution in [2.24, 2.45) is 0 Å². The van der Waals surface area contributed by atoms with Gasteiger partial charge in [-0.2, -0.15) is 16.9 Å². The molecular weight excluding hydrogens is 284 g/mol. The summed E-state index contributed by atoms with van der Waals surface area (Å²) in [4.78, 5) is 15.8. The molecule has 19 heavy (non-hydrogen) atoms. The minimum atomic E-state index is -0.141. The van der Waals surface area contributed by atoms with Crippen LogP contribution in [0.25, 0.3) is 5.69 Å². The minimum absolute atomic E-state index is 0.0971. The summed E-state index contributed by atoms with van der Waals surface area (Å²) >= 11 is 7.48. The third kappa shape index (κ3) is 3.27. The van der Waals surface area contributed by atoms with E-state index < -0.39 is 0 Å². The van der Waals surface area contributed by atoms with Gasteiger partial charge >= 0.3 is 0 Å². The van der Waals surface area contributed by atoms with Crippen LogP contribution in [0, 0.1) is 0 Å². The molecular formula is C12H13ClN4OS. The fourth-order valence-corrected chi connectivity index (χ4v) is 1.85. The Morgan fingerprint density at radius 1 is 1.58 bits per heavy atom. The molecule has 0 spiro atoms. The Labute approximate surface area is 120 Å². The third-order valence-corrected chi connectivity index (χ3v) is 3.76. The topological polar surface area (TPSA) is 59.8 Å². The molecule has 1 N–H and O–H groups in total. The second kappa shape index (κ2) is 6.08. The Hall–Kier alpha value is -1.53. The van der Waals surface area contributed by atoms with Crippen molar-refractivity contribution in [2.45, 2.75) is 12.2 Å². The van der Waals surface area contributed by atoms with Crippen LogP contribution < -0.4 is 5.32 Å². The molecule has 0 aliphatic heterocycles. The maximum atomic E-state index is 11.8. The quantitative estimate of drug-likeness (QED) is 0.942. The van der Waals surface area contributed by atoms with E-state index in [0.717, 1.165) is 5.69 Å². The van der Waals surface area contributed by atoms with E-state index >= 15 is 0 Å². The van der Waals surface area contributed by atoms with Gasteiger partial charge in [-0.25, -0.2) is 4.68 Å². The number of anilines is 1. The summed E-state index contributed by atoms with van der Waals surface area (Å²) in [6, 6.07) is 3.66. The Morgan fingerprint density at radius 2 is 2.37 bits per heavy atom. The average Bonchev–Trinajstić information content (AvgIpc) is 2.80. The molecule has 1 amide bonds. The van der Waals surface area contributed by atoms with Crippen LogP contribution in [0.1, 0.15) is 6.92 Å². The lowest BCUT2D eigenvalue weighted by molar-refractivity contribution is -0.115. The molecule has 0 bridgehead atoms. The van der Waals surface area contributed by atoms with E-state index in [9.17, 15) is 4.79 Å². The van der Waals surface area contributed by atoms with Crippen molar-refractivity contribution >= 4 is 35.0 Å². The molecule has 5 nitrogen and oxygen atoms in total. The number of thioether (sulfide) groups is 1. The normalized spacial score (nSPS) is 12.2. The minimum Gasteiger partial charge on any atom is -0.321 e. The molecule has 0 radical (unpaired) electrons. The summed E-state index contributed by atoms with van der Waals surface area (Å²) in [7, 11) is 0. The molecule has 2 heterocycles. The van der Waals surface area contributed by atoms with E-state index in [1.54, 1.807) is 29.3 Å². The average molecular weight is 297 g/mol. The lowest BCUT2D eigenvalue weighted by Gasteiger charge is -2.07. The van der Waals surface area contributed by atoms with Gasteiger partial charge in [0, 0.05) is 6.20 Å². The maximum Gasteiger partial charge on any atom is 0.237 e. The van der Waals surface area contributed by atoms with Crippen LogP contribution in [-0.2, 0) is 4.79 Å². The molecule has 0 saturated heterocycles. The number of hydrogen-bond acceptors (Lipinski definition) is 4. The molecule has 0 aliphatic rings. The van der Waals surface area contributed by atoms with Gasteiger partial charge < -0.3 is 5.32 Å². The van der Waals surface area contributed by atoms with Crippen molar-refractivity contribution in [3.05, 3.63) is 35.9 Å². The Morgan fingerprint density at radius 3 is 3.00 bits per heavy atom. The van der Waals surface area contributed by atoms with Crippen LogP contribution in [0.2, 0.25) is 5.15 Å². The summed E-state index contributed by atoms with van der Waals surface area (Å²) in [5, 5.41) is 7.01. The van der Waals surface area contributed by atoms with Crippen molar-refractivity contribution in [3.8, 4) is 5.69 Å². The van der Waals surface area contributed by atoms with Crippen molar-refractivity contribution in [2.75, 3.05) is 11.6 Å². The van der Waals surface area contributed by atoms with E-state index in [2.05, 4.69) is 15.4 Å². The summed E-state index contributed by atoms with van der Waals surface area (Å²) in [5.74, 6) is -0.0971.